The molecular formula is C10H14N6O3S. The molecule has 3 atom stereocenters. The number of aliphatic hydroxyl groups excluding tert-OH is 2. The smallest absolute Gasteiger partial charge is 0.223 e. The molecule has 0 saturated carbocycles. The van der Waals surface area contributed by atoms with Gasteiger partial charge in [-0.2, -0.15) is 4.98 Å². The number of ether oxygens (including phenoxy) is 1. The molecule has 9 nitrogen and oxygen atoms in total. The molecule has 6 N–H and O–H groups in total. The predicted molar refractivity (Wildman–Crippen MR) is 71.4 cm³/mol. The molecule has 0 spiro atoms. The van der Waals surface area contributed by atoms with Crippen LogP contribution in [0.25, 0.3) is 11.2 Å². The third-order valence-electron chi connectivity index (χ3n) is 3.21. The Hall–Kier alpha value is -1.46. The fraction of sp³-hybridized carbons (Fsp3) is 0.500. The van der Waals surface area contributed by atoms with Crippen molar-refractivity contribution < 1.29 is 14.9 Å². The highest BCUT2D eigenvalue weighted by Crippen LogP contribution is 2.32. The lowest BCUT2D eigenvalue weighted by Gasteiger charge is -2.13. The SMILES string of the molecule is NSc1nc(N)nc2c1ncn2[C@H]1C[C@H](O)[C@@H](CO)O1. The number of aliphatic hydroxyl groups is 2. The lowest BCUT2D eigenvalue weighted by Crippen LogP contribution is -2.24. The Labute approximate surface area is 118 Å². The lowest BCUT2D eigenvalue weighted by atomic mass is 10.2. The minimum absolute atomic E-state index is 0.0875. The number of nitrogens with zero attached hydrogens (tertiary/aromatic N) is 4. The summed E-state index contributed by atoms with van der Waals surface area (Å²) < 4.78 is 7.23. The number of fused-ring (bicyclic) bond motifs is 1. The van der Waals surface area contributed by atoms with Gasteiger partial charge in [0.05, 0.1) is 19.0 Å². The number of aromatic nitrogens is 4. The van der Waals surface area contributed by atoms with Crippen LogP contribution in [0.1, 0.15) is 12.6 Å². The predicted octanol–water partition coefficient (Wildman–Crippen LogP) is -0.985. The van der Waals surface area contributed by atoms with Gasteiger partial charge < -0.3 is 20.7 Å². The molecule has 10 heteroatoms. The van der Waals surface area contributed by atoms with E-state index >= 15 is 0 Å². The normalized spacial score (nSPS) is 26.4. The van der Waals surface area contributed by atoms with Gasteiger partial charge in [0.1, 0.15) is 22.9 Å². The van der Waals surface area contributed by atoms with Gasteiger partial charge in [-0.1, -0.05) is 0 Å². The quantitative estimate of drug-likeness (QED) is 0.414. The topological polar surface area (TPSA) is 145 Å². The van der Waals surface area contributed by atoms with Crippen molar-refractivity contribution in [3.63, 3.8) is 0 Å². The zero-order valence-electron chi connectivity index (χ0n) is 10.4. The minimum atomic E-state index is -0.731. The Kier molecular flexibility index (Phi) is 3.48. The van der Waals surface area contributed by atoms with E-state index in [9.17, 15) is 5.11 Å². The molecule has 0 amide bonds. The molecule has 108 valence electrons. The van der Waals surface area contributed by atoms with Gasteiger partial charge in [-0.05, 0) is 11.9 Å². The monoisotopic (exact) mass is 298 g/mol. The van der Waals surface area contributed by atoms with E-state index in [1.807, 2.05) is 0 Å². The number of rotatable bonds is 3. The van der Waals surface area contributed by atoms with Crippen molar-refractivity contribution in [2.24, 2.45) is 5.14 Å². The van der Waals surface area contributed by atoms with Gasteiger partial charge in [0, 0.05) is 6.42 Å². The van der Waals surface area contributed by atoms with E-state index in [2.05, 4.69) is 15.0 Å². The highest BCUT2D eigenvalue weighted by molar-refractivity contribution is 7.97. The van der Waals surface area contributed by atoms with Gasteiger partial charge in [-0.25, -0.2) is 9.97 Å². The van der Waals surface area contributed by atoms with E-state index in [-0.39, 0.29) is 12.6 Å². The second-order valence-corrected chi connectivity index (χ2v) is 5.07. The van der Waals surface area contributed by atoms with Crippen LogP contribution < -0.4 is 10.9 Å². The Bertz CT molecular complexity index is 635. The summed E-state index contributed by atoms with van der Waals surface area (Å²) in [5, 5.41) is 24.9. The fourth-order valence-electron chi connectivity index (χ4n) is 2.25. The average Bonchev–Trinajstić information content (AvgIpc) is 3.00. The fourth-order valence-corrected chi connectivity index (χ4v) is 2.65. The van der Waals surface area contributed by atoms with Crippen molar-refractivity contribution in [1.82, 2.24) is 19.5 Å². The van der Waals surface area contributed by atoms with Gasteiger partial charge in [-0.3, -0.25) is 9.71 Å². The van der Waals surface area contributed by atoms with Crippen molar-refractivity contribution in [1.29, 1.82) is 0 Å². The maximum atomic E-state index is 9.79. The van der Waals surface area contributed by atoms with Crippen molar-refractivity contribution >= 4 is 29.1 Å². The first-order valence-corrected chi connectivity index (χ1v) is 6.83. The largest absolute Gasteiger partial charge is 0.394 e. The number of imidazole rings is 1. The van der Waals surface area contributed by atoms with Gasteiger partial charge in [0.15, 0.2) is 5.65 Å². The number of anilines is 1. The minimum Gasteiger partial charge on any atom is -0.394 e. The van der Waals surface area contributed by atoms with Crippen LogP contribution in [-0.2, 0) is 4.74 Å². The molecular weight excluding hydrogens is 284 g/mol. The van der Waals surface area contributed by atoms with E-state index in [4.69, 9.17) is 20.7 Å². The summed E-state index contributed by atoms with van der Waals surface area (Å²) in [6.45, 7) is -0.245. The molecule has 1 aliphatic heterocycles. The summed E-state index contributed by atoms with van der Waals surface area (Å²) in [5.41, 5.74) is 6.66. The number of nitrogen functional groups attached to an aromatic ring is 1. The summed E-state index contributed by atoms with van der Waals surface area (Å²) in [6, 6.07) is 0. The first-order valence-electron chi connectivity index (χ1n) is 5.95. The zero-order valence-corrected chi connectivity index (χ0v) is 11.2. The van der Waals surface area contributed by atoms with Crippen LogP contribution >= 0.6 is 11.9 Å². The highest BCUT2D eigenvalue weighted by Gasteiger charge is 2.35. The summed E-state index contributed by atoms with van der Waals surface area (Å²) in [4.78, 5) is 12.4. The molecule has 1 fully saturated rings. The van der Waals surface area contributed by atoms with Crippen LogP contribution in [0.5, 0.6) is 0 Å². The van der Waals surface area contributed by atoms with Crippen LogP contribution in [-0.4, -0.2) is 48.5 Å². The zero-order chi connectivity index (χ0) is 14.3. The van der Waals surface area contributed by atoms with Crippen LogP contribution in [0, 0.1) is 0 Å². The molecule has 0 bridgehead atoms. The summed E-state index contributed by atoms with van der Waals surface area (Å²) in [5.74, 6) is 0.0875. The summed E-state index contributed by atoms with van der Waals surface area (Å²) in [7, 11) is 0. The molecule has 0 aliphatic carbocycles. The molecule has 2 aromatic heterocycles. The molecule has 3 rings (SSSR count). The van der Waals surface area contributed by atoms with Gasteiger partial charge >= 0.3 is 0 Å². The van der Waals surface area contributed by atoms with Gasteiger partial charge in [-0.15, -0.1) is 0 Å². The average molecular weight is 298 g/mol. The number of hydrogen-bond acceptors (Lipinski definition) is 9. The van der Waals surface area contributed by atoms with Crippen molar-refractivity contribution in [3.05, 3.63) is 6.33 Å². The van der Waals surface area contributed by atoms with E-state index < -0.39 is 18.4 Å². The maximum Gasteiger partial charge on any atom is 0.223 e. The maximum absolute atomic E-state index is 9.79. The van der Waals surface area contributed by atoms with E-state index in [1.54, 1.807) is 4.57 Å². The third-order valence-corrected chi connectivity index (χ3v) is 3.72. The molecule has 0 unspecified atom stereocenters. The molecule has 20 heavy (non-hydrogen) atoms. The molecule has 3 heterocycles. The Morgan fingerprint density at radius 1 is 1.50 bits per heavy atom. The van der Waals surface area contributed by atoms with Crippen LogP contribution in [0.2, 0.25) is 0 Å². The lowest BCUT2D eigenvalue weighted by molar-refractivity contribution is -0.0432. The first-order chi connectivity index (χ1) is 9.63. The molecule has 1 saturated heterocycles. The second kappa shape index (κ2) is 5.14. The Balaban J connectivity index is 2.03. The Morgan fingerprint density at radius 3 is 2.95 bits per heavy atom. The van der Waals surface area contributed by atoms with E-state index in [0.29, 0.717) is 22.6 Å². The standard InChI is InChI=1S/C10H14N6O3S/c11-10-14-8-7(9(15-10)20-12)13-3-16(8)6-1-4(18)5(2-17)19-6/h3-6,17-18H,1-2,12H2,(H2,11,14,15)/t4-,5+,6+/m0/s1. The van der Waals surface area contributed by atoms with Crippen LogP contribution in [0.4, 0.5) is 5.95 Å². The Morgan fingerprint density at radius 2 is 2.30 bits per heavy atom. The summed E-state index contributed by atoms with van der Waals surface area (Å²) >= 11 is 0.937. The second-order valence-electron chi connectivity index (χ2n) is 4.44. The van der Waals surface area contributed by atoms with Gasteiger partial charge in [0.2, 0.25) is 5.95 Å². The van der Waals surface area contributed by atoms with Crippen LogP contribution in [0.3, 0.4) is 0 Å². The van der Waals surface area contributed by atoms with Crippen molar-refractivity contribution in [3.8, 4) is 0 Å². The molecule has 0 radical (unpaired) electrons. The molecule has 1 aliphatic rings. The van der Waals surface area contributed by atoms with Crippen LogP contribution in [0.15, 0.2) is 11.4 Å². The van der Waals surface area contributed by atoms with E-state index in [0.717, 1.165) is 11.9 Å². The van der Waals surface area contributed by atoms with Gasteiger partial charge in [0.25, 0.3) is 0 Å². The number of hydrogen-bond donors (Lipinski definition) is 4. The molecule has 2 aromatic rings. The molecule has 0 aromatic carbocycles. The summed E-state index contributed by atoms with van der Waals surface area (Å²) in [6.07, 6.45) is 0.0727. The third kappa shape index (κ3) is 2.11. The van der Waals surface area contributed by atoms with E-state index in [1.165, 1.54) is 6.33 Å². The van der Waals surface area contributed by atoms with Crippen molar-refractivity contribution in [2.75, 3.05) is 12.3 Å². The van der Waals surface area contributed by atoms with Crippen molar-refractivity contribution in [2.45, 2.75) is 29.9 Å². The first kappa shape index (κ1) is 13.5. The highest BCUT2D eigenvalue weighted by atomic mass is 32.2. The number of nitrogens with two attached hydrogens (primary N) is 2.